The van der Waals surface area contributed by atoms with E-state index in [2.05, 4.69) is 20.1 Å². The molecule has 0 amide bonds. The van der Waals surface area contributed by atoms with Gasteiger partial charge >= 0.3 is 11.9 Å². The highest BCUT2D eigenvalue weighted by atomic mass is 79.9. The van der Waals surface area contributed by atoms with E-state index >= 15 is 0 Å². The van der Waals surface area contributed by atoms with Gasteiger partial charge in [0.15, 0.2) is 16.3 Å². The average molecular weight is 254 g/mol. The molecule has 0 aromatic rings. The third-order valence-electron chi connectivity index (χ3n) is 1.13. The van der Waals surface area contributed by atoms with Gasteiger partial charge in [-0.2, -0.15) is 0 Å². The molecule has 0 rings (SSSR count). The smallest absolute Gasteiger partial charge is 0.334 e. The second-order valence-corrected chi connectivity index (χ2v) is 3.07. The van der Waals surface area contributed by atoms with E-state index in [1.807, 2.05) is 0 Å². The Kier molecular flexibility index (Phi) is 5.65. The second kappa shape index (κ2) is 5.93. The van der Waals surface area contributed by atoms with Crippen molar-refractivity contribution in [2.45, 2.75) is 32.4 Å². The lowest BCUT2D eigenvalue weighted by Gasteiger charge is -2.10. The van der Waals surface area contributed by atoms with Crippen LogP contribution >= 0.6 is 16.3 Å². The minimum absolute atomic E-state index is 0.178. The summed E-state index contributed by atoms with van der Waals surface area (Å²) in [5, 5.41) is 0. The first-order valence-electron chi connectivity index (χ1n) is 3.75. The molecule has 0 aromatic heterocycles. The Morgan fingerprint density at radius 2 is 2.00 bits per heavy atom. The van der Waals surface area contributed by atoms with Gasteiger partial charge in [0.25, 0.3) is 0 Å². The first kappa shape index (κ1) is 12.4. The van der Waals surface area contributed by atoms with Gasteiger partial charge in [-0.25, -0.2) is 4.79 Å². The number of rotatable bonds is 4. The van der Waals surface area contributed by atoms with E-state index in [4.69, 9.17) is 10.5 Å². The predicted octanol–water partition coefficient (Wildman–Crippen LogP) is 0.508. The number of hydrogen-bond acceptors (Lipinski definition) is 5. The molecule has 0 aliphatic rings. The van der Waals surface area contributed by atoms with Gasteiger partial charge in [-0.1, -0.05) is 0 Å². The van der Waals surface area contributed by atoms with Crippen molar-refractivity contribution in [1.29, 1.82) is 0 Å². The topological polar surface area (TPSA) is 78.6 Å². The van der Waals surface area contributed by atoms with Crippen LogP contribution in [0.1, 0.15) is 20.3 Å². The van der Waals surface area contributed by atoms with E-state index in [1.165, 1.54) is 0 Å². The van der Waals surface area contributed by atoms with Crippen LogP contribution in [0.2, 0.25) is 0 Å². The molecule has 0 aliphatic heterocycles. The molecule has 1 atom stereocenters. The minimum atomic E-state index is -0.981. The molecule has 6 heteroatoms. The third-order valence-corrected chi connectivity index (χ3v) is 1.45. The van der Waals surface area contributed by atoms with Crippen LogP contribution in [0.4, 0.5) is 0 Å². The molecule has 5 nitrogen and oxygen atoms in total. The lowest BCUT2D eigenvalue weighted by atomic mass is 10.2. The van der Waals surface area contributed by atoms with E-state index in [0.29, 0.717) is 0 Å². The summed E-state index contributed by atoms with van der Waals surface area (Å²) in [6, 6.07) is -0.981. The molecular formula is C7H12BrNO4. The zero-order valence-corrected chi connectivity index (χ0v) is 9.04. The number of nitrogens with two attached hydrogens (primary N) is 1. The fourth-order valence-corrected chi connectivity index (χ4v) is 0.871. The van der Waals surface area contributed by atoms with Crippen molar-refractivity contribution in [3.8, 4) is 0 Å². The molecule has 0 aliphatic carbocycles. The summed E-state index contributed by atoms with van der Waals surface area (Å²) in [4.78, 5) is 21.7. The summed E-state index contributed by atoms with van der Waals surface area (Å²) >= 11 is 2.47. The number of ether oxygens (including phenoxy) is 1. The van der Waals surface area contributed by atoms with E-state index in [1.54, 1.807) is 13.8 Å². The van der Waals surface area contributed by atoms with Crippen LogP contribution in [0.15, 0.2) is 0 Å². The average Bonchev–Trinajstić information content (AvgIpc) is 2.01. The Morgan fingerprint density at radius 3 is 2.38 bits per heavy atom. The SMILES string of the molecule is CC(C)OC(=O)CC(N)C(=O)OBr. The number of halogens is 1. The van der Waals surface area contributed by atoms with Crippen molar-refractivity contribution in [2.24, 2.45) is 5.73 Å². The van der Waals surface area contributed by atoms with Gasteiger partial charge in [-0.05, 0) is 13.8 Å². The standard InChI is InChI=1S/C7H12BrNO4/c1-4(2)12-6(10)3-5(9)7(11)13-8/h4-5H,3,9H2,1-2H3. The summed E-state index contributed by atoms with van der Waals surface area (Å²) in [5.74, 6) is -1.21. The summed E-state index contributed by atoms with van der Waals surface area (Å²) in [6.45, 7) is 3.43. The lowest BCUT2D eigenvalue weighted by Crippen LogP contribution is -2.34. The highest BCUT2D eigenvalue weighted by Crippen LogP contribution is 2.00. The molecule has 1 unspecified atom stereocenters. The summed E-state index contributed by atoms with van der Waals surface area (Å²) in [7, 11) is 0. The molecule has 0 bridgehead atoms. The van der Waals surface area contributed by atoms with E-state index in [0.717, 1.165) is 0 Å². The van der Waals surface area contributed by atoms with Gasteiger partial charge in [-0.15, -0.1) is 0 Å². The van der Waals surface area contributed by atoms with Crippen molar-refractivity contribution >= 4 is 28.2 Å². The molecule has 0 saturated heterocycles. The lowest BCUT2D eigenvalue weighted by molar-refractivity contribution is -0.150. The quantitative estimate of drug-likeness (QED) is 0.739. The molecule has 0 spiro atoms. The number of carbonyl (C=O) groups is 2. The van der Waals surface area contributed by atoms with Crippen LogP contribution < -0.4 is 5.73 Å². The molecule has 0 saturated carbocycles. The highest BCUT2D eigenvalue weighted by Gasteiger charge is 2.19. The Hall–Kier alpha value is -0.620. The van der Waals surface area contributed by atoms with Crippen molar-refractivity contribution in [3.05, 3.63) is 0 Å². The maximum atomic E-state index is 11.0. The minimum Gasteiger partial charge on any atom is -0.463 e. The van der Waals surface area contributed by atoms with Crippen molar-refractivity contribution in [2.75, 3.05) is 0 Å². The number of hydrogen-bond donors (Lipinski definition) is 1. The number of carbonyl (C=O) groups excluding carboxylic acids is 2. The van der Waals surface area contributed by atoms with Crippen LogP contribution in [0.3, 0.4) is 0 Å². The Morgan fingerprint density at radius 1 is 1.46 bits per heavy atom. The van der Waals surface area contributed by atoms with Crippen molar-refractivity contribution < 1.29 is 18.2 Å². The van der Waals surface area contributed by atoms with Crippen LogP contribution in [0, 0.1) is 0 Å². The van der Waals surface area contributed by atoms with Crippen LogP contribution in [0.5, 0.6) is 0 Å². The van der Waals surface area contributed by atoms with Gasteiger partial charge in [0, 0.05) is 0 Å². The first-order chi connectivity index (χ1) is 5.97. The maximum absolute atomic E-state index is 11.0. The van der Waals surface area contributed by atoms with Crippen LogP contribution in [-0.2, 0) is 18.2 Å². The summed E-state index contributed by atoms with van der Waals surface area (Å²) in [6.07, 6.45) is -0.387. The van der Waals surface area contributed by atoms with Crippen LogP contribution in [0.25, 0.3) is 0 Å². The maximum Gasteiger partial charge on any atom is 0.334 e. The predicted molar refractivity (Wildman–Crippen MR) is 48.8 cm³/mol. The highest BCUT2D eigenvalue weighted by molar-refractivity contribution is 9.06. The molecule has 0 aromatic carbocycles. The summed E-state index contributed by atoms with van der Waals surface area (Å²) < 4.78 is 8.93. The van der Waals surface area contributed by atoms with Crippen LogP contribution in [-0.4, -0.2) is 24.1 Å². The Labute approximate surface area is 85.0 Å². The third kappa shape index (κ3) is 5.59. The normalized spacial score (nSPS) is 12.4. The van der Waals surface area contributed by atoms with E-state index < -0.39 is 18.0 Å². The molecule has 0 fully saturated rings. The van der Waals surface area contributed by atoms with E-state index in [9.17, 15) is 9.59 Å². The first-order valence-corrected chi connectivity index (χ1v) is 4.39. The van der Waals surface area contributed by atoms with Gasteiger partial charge in [0.1, 0.15) is 6.04 Å². The van der Waals surface area contributed by atoms with Crippen molar-refractivity contribution in [3.63, 3.8) is 0 Å². The van der Waals surface area contributed by atoms with Gasteiger partial charge < -0.3 is 14.3 Å². The molecule has 0 heterocycles. The zero-order chi connectivity index (χ0) is 10.4. The Bertz CT molecular complexity index is 195. The fraction of sp³-hybridized carbons (Fsp3) is 0.714. The largest absolute Gasteiger partial charge is 0.463 e. The Balaban J connectivity index is 3.85. The number of esters is 1. The summed E-state index contributed by atoms with van der Waals surface area (Å²) in [5.41, 5.74) is 5.30. The molecule has 0 radical (unpaired) electrons. The second-order valence-electron chi connectivity index (χ2n) is 2.75. The van der Waals surface area contributed by atoms with Gasteiger partial charge in [0.05, 0.1) is 12.5 Å². The molecule has 76 valence electrons. The molecular weight excluding hydrogens is 242 g/mol. The fourth-order valence-electron chi connectivity index (χ4n) is 0.631. The zero-order valence-electron chi connectivity index (χ0n) is 7.45. The van der Waals surface area contributed by atoms with Gasteiger partial charge in [0.2, 0.25) is 0 Å². The monoisotopic (exact) mass is 253 g/mol. The molecule has 2 N–H and O–H groups in total. The molecule has 13 heavy (non-hydrogen) atoms. The van der Waals surface area contributed by atoms with Crippen molar-refractivity contribution in [1.82, 2.24) is 0 Å². The van der Waals surface area contributed by atoms with E-state index in [-0.39, 0.29) is 12.5 Å². The van der Waals surface area contributed by atoms with Gasteiger partial charge in [-0.3, -0.25) is 4.79 Å².